The van der Waals surface area contributed by atoms with Crippen molar-refractivity contribution in [3.05, 3.63) is 59.9 Å². The van der Waals surface area contributed by atoms with Crippen LogP contribution >= 0.6 is 0 Å². The Morgan fingerprint density at radius 3 is 2.18 bits per heavy atom. The highest BCUT2D eigenvalue weighted by molar-refractivity contribution is 5.68. The average Bonchev–Trinajstić information content (AvgIpc) is 2.56. The van der Waals surface area contributed by atoms with Gasteiger partial charge in [-0.05, 0) is 54.7 Å². The first-order valence-electron chi connectivity index (χ1n) is 8.63. The number of hydrogen-bond acceptors (Lipinski definition) is 0. The zero-order chi connectivity index (χ0) is 15.4. The molecule has 0 spiro atoms. The number of hydrogen-bond donors (Lipinski definition) is 0. The maximum Gasteiger partial charge on any atom is 0.131 e. The largest absolute Gasteiger partial charge is 0.206 e. The summed E-state index contributed by atoms with van der Waals surface area (Å²) in [5, 5.41) is 0. The molecule has 0 bridgehead atoms. The molecule has 2 aromatic carbocycles. The van der Waals surface area contributed by atoms with Gasteiger partial charge in [0.25, 0.3) is 0 Å². The van der Waals surface area contributed by atoms with Gasteiger partial charge in [0.1, 0.15) is 5.82 Å². The second-order valence-electron chi connectivity index (χ2n) is 6.57. The molecule has 1 heteroatoms. The summed E-state index contributed by atoms with van der Waals surface area (Å²) in [5.74, 6) is 1.38. The third-order valence-electron chi connectivity index (χ3n) is 5.11. The van der Waals surface area contributed by atoms with Crippen LogP contribution < -0.4 is 0 Å². The second kappa shape index (κ2) is 7.09. The van der Waals surface area contributed by atoms with Crippen LogP contribution in [0.4, 0.5) is 4.39 Å². The molecule has 0 amide bonds. The third kappa shape index (κ3) is 3.24. The van der Waals surface area contributed by atoms with Gasteiger partial charge in [0.2, 0.25) is 0 Å². The quantitative estimate of drug-likeness (QED) is 0.598. The van der Waals surface area contributed by atoms with E-state index in [-0.39, 0.29) is 5.82 Å². The van der Waals surface area contributed by atoms with Gasteiger partial charge in [-0.2, -0.15) is 0 Å². The molecule has 3 rings (SSSR count). The van der Waals surface area contributed by atoms with Crippen LogP contribution in [0.3, 0.4) is 0 Å². The number of halogens is 1. The second-order valence-corrected chi connectivity index (χ2v) is 6.57. The summed E-state index contributed by atoms with van der Waals surface area (Å²) in [6.07, 6.45) is 7.79. The fraction of sp³-hybridized carbons (Fsp3) is 0.429. The molecule has 0 N–H and O–H groups in total. The summed E-state index contributed by atoms with van der Waals surface area (Å²) >= 11 is 0. The van der Waals surface area contributed by atoms with Crippen molar-refractivity contribution in [2.24, 2.45) is 5.92 Å². The van der Waals surface area contributed by atoms with Crippen molar-refractivity contribution in [3.8, 4) is 11.1 Å². The monoisotopic (exact) mass is 296 g/mol. The summed E-state index contributed by atoms with van der Waals surface area (Å²) in [4.78, 5) is 0. The first kappa shape index (κ1) is 15.3. The van der Waals surface area contributed by atoms with Gasteiger partial charge in [0.15, 0.2) is 0 Å². The summed E-state index contributed by atoms with van der Waals surface area (Å²) in [7, 11) is 0. The highest BCUT2D eigenvalue weighted by Crippen LogP contribution is 2.41. The van der Waals surface area contributed by atoms with E-state index >= 15 is 0 Å². The van der Waals surface area contributed by atoms with Crippen LogP contribution in [0, 0.1) is 11.7 Å². The minimum Gasteiger partial charge on any atom is -0.206 e. The molecule has 0 atom stereocenters. The Labute approximate surface area is 133 Å². The molecule has 0 nitrogen and oxygen atoms in total. The van der Waals surface area contributed by atoms with Crippen molar-refractivity contribution in [1.29, 1.82) is 0 Å². The first-order chi connectivity index (χ1) is 10.8. The predicted molar refractivity (Wildman–Crippen MR) is 91.4 cm³/mol. The lowest BCUT2D eigenvalue weighted by molar-refractivity contribution is 0.308. The topological polar surface area (TPSA) is 0 Å². The smallest absolute Gasteiger partial charge is 0.131 e. The fourth-order valence-electron chi connectivity index (χ4n) is 3.95. The zero-order valence-corrected chi connectivity index (χ0v) is 13.4. The molecule has 1 aliphatic rings. The number of benzene rings is 2. The Morgan fingerprint density at radius 1 is 0.864 bits per heavy atom. The SMILES string of the molecule is CCCC1CCC(c2ccccc2-c2ccccc2F)CC1. The van der Waals surface area contributed by atoms with Crippen molar-refractivity contribution < 1.29 is 4.39 Å². The van der Waals surface area contributed by atoms with Crippen LogP contribution in [-0.2, 0) is 0 Å². The van der Waals surface area contributed by atoms with E-state index in [0.29, 0.717) is 5.92 Å². The minimum atomic E-state index is -0.116. The standard InChI is InChI=1S/C21H25F/c1-2-7-16-12-14-17(15-13-16)18-8-3-4-9-19(18)20-10-5-6-11-21(20)22/h3-6,8-11,16-17H,2,7,12-15H2,1H3. The Kier molecular flexibility index (Phi) is 4.92. The molecule has 1 aliphatic carbocycles. The third-order valence-corrected chi connectivity index (χ3v) is 5.11. The van der Waals surface area contributed by atoms with Gasteiger partial charge in [0, 0.05) is 5.56 Å². The van der Waals surface area contributed by atoms with Gasteiger partial charge < -0.3 is 0 Å². The van der Waals surface area contributed by atoms with E-state index < -0.39 is 0 Å². The Bertz CT molecular complexity index is 609. The maximum absolute atomic E-state index is 14.2. The summed E-state index contributed by atoms with van der Waals surface area (Å²) in [6.45, 7) is 2.28. The van der Waals surface area contributed by atoms with Crippen LogP contribution in [0.15, 0.2) is 48.5 Å². The lowest BCUT2D eigenvalue weighted by atomic mass is 9.75. The van der Waals surface area contributed by atoms with Crippen molar-refractivity contribution in [2.75, 3.05) is 0 Å². The Morgan fingerprint density at radius 2 is 1.50 bits per heavy atom. The van der Waals surface area contributed by atoms with Gasteiger partial charge in [-0.3, -0.25) is 0 Å². The first-order valence-corrected chi connectivity index (χ1v) is 8.63. The van der Waals surface area contributed by atoms with Crippen LogP contribution in [0.25, 0.3) is 11.1 Å². The fourth-order valence-corrected chi connectivity index (χ4v) is 3.95. The molecule has 0 aromatic heterocycles. The van der Waals surface area contributed by atoms with Crippen molar-refractivity contribution >= 4 is 0 Å². The van der Waals surface area contributed by atoms with Crippen LogP contribution in [0.2, 0.25) is 0 Å². The highest BCUT2D eigenvalue weighted by atomic mass is 19.1. The molecule has 1 fully saturated rings. The Balaban J connectivity index is 1.85. The molecule has 0 heterocycles. The summed E-state index contributed by atoms with van der Waals surface area (Å²) in [5.41, 5.74) is 3.16. The van der Waals surface area contributed by atoms with Gasteiger partial charge in [-0.15, -0.1) is 0 Å². The lowest BCUT2D eigenvalue weighted by Gasteiger charge is -2.30. The molecule has 0 aliphatic heterocycles. The average molecular weight is 296 g/mol. The van der Waals surface area contributed by atoms with E-state index in [4.69, 9.17) is 0 Å². The lowest BCUT2D eigenvalue weighted by Crippen LogP contribution is -2.14. The number of rotatable bonds is 4. The van der Waals surface area contributed by atoms with E-state index in [9.17, 15) is 4.39 Å². The van der Waals surface area contributed by atoms with Crippen LogP contribution in [-0.4, -0.2) is 0 Å². The van der Waals surface area contributed by atoms with E-state index in [2.05, 4.69) is 25.1 Å². The van der Waals surface area contributed by atoms with Crippen LogP contribution in [0.5, 0.6) is 0 Å². The van der Waals surface area contributed by atoms with E-state index in [1.54, 1.807) is 12.1 Å². The minimum absolute atomic E-state index is 0.116. The van der Waals surface area contributed by atoms with Gasteiger partial charge in [0.05, 0.1) is 0 Å². The molecular weight excluding hydrogens is 271 g/mol. The molecule has 116 valence electrons. The Hall–Kier alpha value is -1.63. The van der Waals surface area contributed by atoms with Gasteiger partial charge >= 0.3 is 0 Å². The van der Waals surface area contributed by atoms with E-state index in [1.165, 1.54) is 44.1 Å². The van der Waals surface area contributed by atoms with Crippen molar-refractivity contribution in [1.82, 2.24) is 0 Å². The molecule has 1 saturated carbocycles. The van der Waals surface area contributed by atoms with Gasteiger partial charge in [-0.1, -0.05) is 62.2 Å². The maximum atomic E-state index is 14.2. The highest BCUT2D eigenvalue weighted by Gasteiger charge is 2.24. The van der Waals surface area contributed by atoms with E-state index in [1.807, 2.05) is 18.2 Å². The zero-order valence-electron chi connectivity index (χ0n) is 13.4. The normalized spacial score (nSPS) is 21.7. The molecule has 2 aromatic rings. The van der Waals surface area contributed by atoms with E-state index in [0.717, 1.165) is 17.0 Å². The van der Waals surface area contributed by atoms with Crippen molar-refractivity contribution in [3.63, 3.8) is 0 Å². The molecular formula is C21H25F. The molecule has 0 radical (unpaired) electrons. The summed E-state index contributed by atoms with van der Waals surface area (Å²) in [6, 6.07) is 15.5. The predicted octanol–water partition coefficient (Wildman–Crippen LogP) is 6.57. The summed E-state index contributed by atoms with van der Waals surface area (Å²) < 4.78 is 14.2. The molecule has 0 unspecified atom stereocenters. The van der Waals surface area contributed by atoms with Gasteiger partial charge in [-0.25, -0.2) is 4.39 Å². The molecule has 22 heavy (non-hydrogen) atoms. The van der Waals surface area contributed by atoms with Crippen molar-refractivity contribution in [2.45, 2.75) is 51.4 Å². The molecule has 0 saturated heterocycles. The van der Waals surface area contributed by atoms with Crippen LogP contribution in [0.1, 0.15) is 56.9 Å².